The van der Waals surface area contributed by atoms with E-state index in [9.17, 15) is 13.2 Å². The molecule has 2 N–H and O–H groups in total. The lowest BCUT2D eigenvalue weighted by Gasteiger charge is -2.10. The van der Waals surface area contributed by atoms with Gasteiger partial charge in [-0.3, -0.25) is 4.79 Å². The monoisotopic (exact) mass is 369 g/mol. The maximum absolute atomic E-state index is 12.4. The molecule has 23 heavy (non-hydrogen) atoms. The lowest BCUT2D eigenvalue weighted by atomic mass is 10.3. The van der Waals surface area contributed by atoms with Crippen molar-refractivity contribution in [3.05, 3.63) is 34.3 Å². The summed E-state index contributed by atoms with van der Waals surface area (Å²) in [6, 6.07) is 4.78. The van der Waals surface area contributed by atoms with Crippen molar-refractivity contribution in [3.8, 4) is 0 Å². The Balaban J connectivity index is 1.81. The van der Waals surface area contributed by atoms with Gasteiger partial charge in [0, 0.05) is 22.4 Å². The topological polar surface area (TPSA) is 88.2 Å². The predicted octanol–water partition coefficient (Wildman–Crippen LogP) is 2.36. The van der Waals surface area contributed by atoms with Crippen molar-refractivity contribution < 1.29 is 13.2 Å². The minimum Gasteiger partial charge on any atom is -0.325 e. The number of nitrogens with one attached hydrogen (secondary N) is 2. The molecule has 1 amide bonds. The maximum Gasteiger partial charge on any atom is 0.240 e. The van der Waals surface area contributed by atoms with Gasteiger partial charge in [-0.2, -0.15) is 0 Å². The van der Waals surface area contributed by atoms with Crippen LogP contribution in [0.25, 0.3) is 0 Å². The number of benzene rings is 1. The fourth-order valence-corrected chi connectivity index (χ4v) is 4.68. The summed E-state index contributed by atoms with van der Waals surface area (Å²) in [4.78, 5) is 16.9. The van der Waals surface area contributed by atoms with Crippen LogP contribution in [0.1, 0.15) is 17.1 Å². The van der Waals surface area contributed by atoms with Crippen LogP contribution in [-0.2, 0) is 21.4 Å². The molecule has 0 saturated heterocycles. The minimum absolute atomic E-state index is 0.100. The SMILES string of the molecule is Cc1nc(CNS(=O)(=O)c2ccc3c(c2)NC(=O)CCS3)cs1. The van der Waals surface area contributed by atoms with Gasteiger partial charge >= 0.3 is 0 Å². The second-order valence-electron chi connectivity index (χ2n) is 4.99. The number of thioether (sulfide) groups is 1. The van der Waals surface area contributed by atoms with Crippen molar-refractivity contribution in [2.75, 3.05) is 11.1 Å². The van der Waals surface area contributed by atoms with E-state index in [1.54, 1.807) is 12.1 Å². The Kier molecular flexibility index (Phi) is 4.72. The lowest BCUT2D eigenvalue weighted by molar-refractivity contribution is -0.115. The van der Waals surface area contributed by atoms with Crippen LogP contribution in [0.5, 0.6) is 0 Å². The van der Waals surface area contributed by atoms with Gasteiger partial charge in [-0.1, -0.05) is 0 Å². The van der Waals surface area contributed by atoms with Crippen LogP contribution in [0.4, 0.5) is 5.69 Å². The average molecular weight is 369 g/mol. The van der Waals surface area contributed by atoms with Gasteiger partial charge in [0.15, 0.2) is 0 Å². The number of amides is 1. The zero-order valence-corrected chi connectivity index (χ0v) is 14.8. The predicted molar refractivity (Wildman–Crippen MR) is 91.3 cm³/mol. The molecule has 122 valence electrons. The number of hydrogen-bond acceptors (Lipinski definition) is 6. The quantitative estimate of drug-likeness (QED) is 0.864. The zero-order valence-electron chi connectivity index (χ0n) is 12.3. The van der Waals surface area contributed by atoms with Gasteiger partial charge in [-0.05, 0) is 25.1 Å². The summed E-state index contributed by atoms with van der Waals surface area (Å²) in [5.74, 6) is 0.587. The molecule has 0 atom stereocenters. The second kappa shape index (κ2) is 6.60. The summed E-state index contributed by atoms with van der Waals surface area (Å²) in [6.07, 6.45) is 0.420. The van der Waals surface area contributed by atoms with Crippen molar-refractivity contribution >= 4 is 44.7 Å². The highest BCUT2D eigenvalue weighted by atomic mass is 32.2. The number of aromatic nitrogens is 1. The van der Waals surface area contributed by atoms with Crippen LogP contribution in [0.2, 0.25) is 0 Å². The molecule has 1 aromatic carbocycles. The smallest absolute Gasteiger partial charge is 0.240 e. The molecule has 2 heterocycles. The van der Waals surface area contributed by atoms with Crippen LogP contribution in [-0.4, -0.2) is 25.1 Å². The minimum atomic E-state index is -3.66. The molecular weight excluding hydrogens is 354 g/mol. The molecule has 1 aliphatic heterocycles. The van der Waals surface area contributed by atoms with Gasteiger partial charge in [-0.25, -0.2) is 18.1 Å². The number of sulfonamides is 1. The van der Waals surface area contributed by atoms with E-state index in [1.165, 1.54) is 29.2 Å². The van der Waals surface area contributed by atoms with Crippen molar-refractivity contribution in [1.82, 2.24) is 9.71 Å². The number of carbonyl (C=O) groups is 1. The molecule has 0 unspecified atom stereocenters. The highest BCUT2D eigenvalue weighted by Crippen LogP contribution is 2.32. The summed E-state index contributed by atoms with van der Waals surface area (Å²) < 4.78 is 27.4. The third kappa shape index (κ3) is 3.92. The number of fused-ring (bicyclic) bond motifs is 1. The third-order valence-corrected chi connectivity index (χ3v) is 6.53. The Hall–Kier alpha value is -1.42. The number of nitrogens with zero attached hydrogens (tertiary/aromatic N) is 1. The van der Waals surface area contributed by atoms with E-state index in [-0.39, 0.29) is 17.3 Å². The first-order valence-corrected chi connectivity index (χ1v) is 10.3. The summed E-state index contributed by atoms with van der Waals surface area (Å²) >= 11 is 3.01. The first-order chi connectivity index (χ1) is 10.9. The second-order valence-corrected chi connectivity index (χ2v) is 8.95. The van der Waals surface area contributed by atoms with Crippen molar-refractivity contribution in [2.45, 2.75) is 29.7 Å². The Morgan fingerprint density at radius 2 is 2.22 bits per heavy atom. The third-order valence-electron chi connectivity index (χ3n) is 3.23. The first-order valence-electron chi connectivity index (χ1n) is 6.91. The molecule has 1 aromatic heterocycles. The van der Waals surface area contributed by atoms with Crippen molar-refractivity contribution in [1.29, 1.82) is 0 Å². The number of aryl methyl sites for hydroxylation is 1. The van der Waals surface area contributed by atoms with Crippen LogP contribution >= 0.6 is 23.1 Å². The summed E-state index contributed by atoms with van der Waals surface area (Å²) in [5, 5.41) is 5.47. The van der Waals surface area contributed by atoms with E-state index < -0.39 is 10.0 Å². The molecule has 2 aromatic rings. The molecule has 9 heteroatoms. The van der Waals surface area contributed by atoms with Gasteiger partial charge in [0.2, 0.25) is 15.9 Å². The molecule has 0 fully saturated rings. The molecule has 0 saturated carbocycles. The molecule has 0 bridgehead atoms. The van der Waals surface area contributed by atoms with Gasteiger partial charge in [0.1, 0.15) is 0 Å². The molecule has 6 nitrogen and oxygen atoms in total. The Labute approximate surface area is 142 Å². The standard InChI is InChI=1S/C14H15N3O3S3/c1-9-16-10(8-22-9)7-15-23(19,20)11-2-3-13-12(6-11)17-14(18)4-5-21-13/h2-3,6,8,15H,4-5,7H2,1H3,(H,17,18). The highest BCUT2D eigenvalue weighted by molar-refractivity contribution is 7.99. The Bertz CT molecular complexity index is 846. The van der Waals surface area contributed by atoms with E-state index in [0.717, 1.165) is 9.90 Å². The Morgan fingerprint density at radius 3 is 2.96 bits per heavy atom. The average Bonchev–Trinajstić information content (AvgIpc) is 2.82. The molecule has 1 aliphatic rings. The summed E-state index contributed by atoms with van der Waals surface area (Å²) in [7, 11) is -3.66. The summed E-state index contributed by atoms with van der Waals surface area (Å²) in [6.45, 7) is 2.01. The van der Waals surface area contributed by atoms with Crippen molar-refractivity contribution in [2.24, 2.45) is 0 Å². The van der Waals surface area contributed by atoms with E-state index in [1.807, 2.05) is 12.3 Å². The van der Waals surface area contributed by atoms with E-state index in [0.29, 0.717) is 23.6 Å². The van der Waals surface area contributed by atoms with Crippen molar-refractivity contribution in [3.63, 3.8) is 0 Å². The van der Waals surface area contributed by atoms with Gasteiger partial charge < -0.3 is 5.32 Å². The van der Waals surface area contributed by atoms with Crippen LogP contribution in [0.3, 0.4) is 0 Å². The number of rotatable bonds is 4. The molecule has 3 rings (SSSR count). The normalized spacial score (nSPS) is 14.9. The molecule has 0 spiro atoms. The first kappa shape index (κ1) is 16.4. The fraction of sp³-hybridized carbons (Fsp3) is 0.286. The highest BCUT2D eigenvalue weighted by Gasteiger charge is 2.19. The largest absolute Gasteiger partial charge is 0.325 e. The summed E-state index contributed by atoms with van der Waals surface area (Å²) in [5.41, 5.74) is 1.24. The molecule has 0 aliphatic carbocycles. The van der Waals surface area contributed by atoms with Crippen LogP contribution in [0.15, 0.2) is 33.4 Å². The van der Waals surface area contributed by atoms with Gasteiger partial charge in [-0.15, -0.1) is 23.1 Å². The van der Waals surface area contributed by atoms with Gasteiger partial charge in [0.25, 0.3) is 0 Å². The fourth-order valence-electron chi connectivity index (χ4n) is 2.11. The van der Waals surface area contributed by atoms with E-state index >= 15 is 0 Å². The maximum atomic E-state index is 12.4. The van der Waals surface area contributed by atoms with Crippen LogP contribution in [0, 0.1) is 6.92 Å². The molecular formula is C14H15N3O3S3. The van der Waals surface area contributed by atoms with E-state index in [2.05, 4.69) is 15.0 Å². The Morgan fingerprint density at radius 1 is 1.39 bits per heavy atom. The molecule has 0 radical (unpaired) electrons. The van der Waals surface area contributed by atoms with E-state index in [4.69, 9.17) is 0 Å². The van der Waals surface area contributed by atoms with Gasteiger partial charge in [0.05, 0.1) is 27.8 Å². The number of anilines is 1. The number of thiazole rings is 1. The number of carbonyl (C=O) groups excluding carboxylic acids is 1. The number of hydrogen-bond donors (Lipinski definition) is 2. The zero-order chi connectivity index (χ0) is 16.4. The van der Waals surface area contributed by atoms with Crippen LogP contribution < -0.4 is 10.0 Å². The lowest BCUT2D eigenvalue weighted by Crippen LogP contribution is -2.23.